The average Bonchev–Trinajstić information content (AvgIpc) is 2.83. The zero-order valence-electron chi connectivity index (χ0n) is 11.1. The van der Waals surface area contributed by atoms with E-state index < -0.39 is 0 Å². The van der Waals surface area contributed by atoms with E-state index in [0.717, 1.165) is 18.6 Å². The predicted octanol–water partition coefficient (Wildman–Crippen LogP) is 2.21. The number of hydrogen-bond acceptors (Lipinski definition) is 4. The fraction of sp³-hybridized carbons (Fsp3) is 0.357. The number of nitriles is 1. The molecule has 0 atom stereocenters. The van der Waals surface area contributed by atoms with E-state index in [2.05, 4.69) is 16.3 Å². The van der Waals surface area contributed by atoms with Crippen molar-refractivity contribution in [1.29, 1.82) is 5.26 Å². The monoisotopic (exact) mass is 288 g/mol. The molecule has 0 fully saturated rings. The summed E-state index contributed by atoms with van der Waals surface area (Å²) in [5, 5.41) is 15.7. The number of aryl methyl sites for hydroxylation is 1. The number of thioether (sulfide) groups is 1. The summed E-state index contributed by atoms with van der Waals surface area (Å²) in [6.45, 7) is 0.611. The van der Waals surface area contributed by atoms with Crippen molar-refractivity contribution in [1.82, 2.24) is 14.8 Å². The molecule has 0 saturated carbocycles. The Kier molecular flexibility index (Phi) is 5.44. The molecule has 2 aromatic rings. The van der Waals surface area contributed by atoms with Crippen LogP contribution in [0.5, 0.6) is 0 Å². The molecular weight excluding hydrogens is 272 g/mol. The largest absolute Gasteiger partial charge is 0.343 e. The molecule has 0 spiro atoms. The van der Waals surface area contributed by atoms with Gasteiger partial charge in [-0.2, -0.15) is 5.26 Å². The lowest BCUT2D eigenvalue weighted by atomic mass is 10.1. The van der Waals surface area contributed by atoms with Gasteiger partial charge in [-0.15, -0.1) is 5.10 Å². The van der Waals surface area contributed by atoms with Gasteiger partial charge < -0.3 is 0 Å². The summed E-state index contributed by atoms with van der Waals surface area (Å²) < 4.78 is 1.66. The van der Waals surface area contributed by atoms with Crippen molar-refractivity contribution in [2.45, 2.75) is 31.0 Å². The van der Waals surface area contributed by atoms with Crippen LogP contribution < -0.4 is 5.69 Å². The second kappa shape index (κ2) is 7.56. The van der Waals surface area contributed by atoms with Crippen LogP contribution in [0.1, 0.15) is 18.4 Å². The molecule has 1 aromatic carbocycles. The molecule has 1 N–H and O–H groups in total. The molecule has 0 radical (unpaired) electrons. The normalized spacial score (nSPS) is 10.3. The van der Waals surface area contributed by atoms with Crippen LogP contribution in [0.15, 0.2) is 40.3 Å². The summed E-state index contributed by atoms with van der Waals surface area (Å²) in [7, 11) is 0. The summed E-state index contributed by atoms with van der Waals surface area (Å²) >= 11 is 1.51. The number of aromatic amines is 1. The highest BCUT2D eigenvalue weighted by Crippen LogP contribution is 2.15. The molecule has 1 heterocycles. The lowest BCUT2D eigenvalue weighted by Crippen LogP contribution is -2.18. The van der Waals surface area contributed by atoms with Crippen LogP contribution in [-0.2, 0) is 13.0 Å². The molecule has 20 heavy (non-hydrogen) atoms. The number of nitrogens with one attached hydrogen (secondary N) is 1. The Balaban J connectivity index is 1.95. The first kappa shape index (κ1) is 14.4. The topological polar surface area (TPSA) is 74.5 Å². The quantitative estimate of drug-likeness (QED) is 0.626. The van der Waals surface area contributed by atoms with Crippen LogP contribution in [0.4, 0.5) is 0 Å². The molecular formula is C14H16N4OS. The number of aromatic nitrogens is 3. The van der Waals surface area contributed by atoms with Gasteiger partial charge in [-0.25, -0.2) is 9.89 Å². The minimum Gasteiger partial charge on any atom is -0.270 e. The van der Waals surface area contributed by atoms with Crippen LogP contribution in [0.2, 0.25) is 0 Å². The van der Waals surface area contributed by atoms with Crippen LogP contribution >= 0.6 is 11.8 Å². The molecule has 1 aromatic heterocycles. The lowest BCUT2D eigenvalue weighted by Gasteiger charge is -2.05. The number of H-pyrrole nitrogens is 1. The maximum Gasteiger partial charge on any atom is 0.343 e. The van der Waals surface area contributed by atoms with E-state index in [-0.39, 0.29) is 5.69 Å². The third-order valence-corrected chi connectivity index (χ3v) is 3.92. The van der Waals surface area contributed by atoms with Crippen molar-refractivity contribution in [3.8, 4) is 6.07 Å². The highest BCUT2D eigenvalue weighted by Gasteiger charge is 2.08. The molecule has 0 aliphatic heterocycles. The summed E-state index contributed by atoms with van der Waals surface area (Å²) in [5.41, 5.74) is 1.02. The zero-order chi connectivity index (χ0) is 14.2. The van der Waals surface area contributed by atoms with Crippen LogP contribution in [0.3, 0.4) is 0 Å². The Morgan fingerprint density at radius 1 is 1.35 bits per heavy atom. The average molecular weight is 288 g/mol. The number of hydrogen-bond donors (Lipinski definition) is 1. The van der Waals surface area contributed by atoms with E-state index in [9.17, 15) is 4.79 Å². The Morgan fingerprint density at radius 2 is 2.15 bits per heavy atom. The second-order valence-electron chi connectivity index (χ2n) is 4.31. The molecule has 0 aliphatic carbocycles. The maximum absolute atomic E-state index is 11.7. The first-order valence-electron chi connectivity index (χ1n) is 6.50. The third-order valence-electron chi connectivity index (χ3n) is 2.85. The van der Waals surface area contributed by atoms with Gasteiger partial charge in [0.25, 0.3) is 0 Å². The van der Waals surface area contributed by atoms with E-state index in [1.807, 2.05) is 30.3 Å². The van der Waals surface area contributed by atoms with E-state index in [4.69, 9.17) is 5.26 Å². The number of nitrogens with zero attached hydrogens (tertiary/aromatic N) is 3. The van der Waals surface area contributed by atoms with E-state index in [1.165, 1.54) is 17.3 Å². The maximum atomic E-state index is 11.7. The van der Waals surface area contributed by atoms with Crippen molar-refractivity contribution >= 4 is 11.8 Å². The number of unbranched alkanes of at least 4 members (excludes halogenated alkanes) is 1. The third kappa shape index (κ3) is 4.00. The molecule has 0 aliphatic rings. The van der Waals surface area contributed by atoms with Gasteiger partial charge in [0, 0.05) is 18.7 Å². The fourth-order valence-electron chi connectivity index (χ4n) is 1.81. The van der Waals surface area contributed by atoms with Gasteiger partial charge in [0.05, 0.1) is 6.07 Å². The van der Waals surface area contributed by atoms with Crippen LogP contribution in [0, 0.1) is 11.3 Å². The molecule has 5 nitrogen and oxygen atoms in total. The van der Waals surface area contributed by atoms with Crippen molar-refractivity contribution in [2.24, 2.45) is 0 Å². The molecule has 6 heteroatoms. The number of benzene rings is 1. The van der Waals surface area contributed by atoms with E-state index in [0.29, 0.717) is 18.1 Å². The lowest BCUT2D eigenvalue weighted by molar-refractivity contribution is 0.615. The van der Waals surface area contributed by atoms with Gasteiger partial charge in [-0.1, -0.05) is 42.1 Å². The Labute approximate surface area is 121 Å². The van der Waals surface area contributed by atoms with Gasteiger partial charge >= 0.3 is 5.69 Å². The summed E-state index contributed by atoms with van der Waals surface area (Å²) in [5.74, 6) is 0.795. The molecule has 2 rings (SSSR count). The highest BCUT2D eigenvalue weighted by molar-refractivity contribution is 7.99. The molecule has 0 amide bonds. The van der Waals surface area contributed by atoms with E-state index in [1.54, 1.807) is 4.57 Å². The molecule has 104 valence electrons. The van der Waals surface area contributed by atoms with Crippen LogP contribution in [0.25, 0.3) is 0 Å². The number of rotatable bonds is 7. The summed E-state index contributed by atoms with van der Waals surface area (Å²) in [6.07, 6.45) is 2.14. The van der Waals surface area contributed by atoms with E-state index >= 15 is 0 Å². The standard InChI is InChI=1S/C14H16N4OS/c15-9-4-5-11-20-14-17-16-13(19)18(14)10-8-12-6-2-1-3-7-12/h1-3,6-7H,4-5,8,10-11H2,(H,16,19). The van der Waals surface area contributed by atoms with Crippen molar-refractivity contribution < 1.29 is 0 Å². The van der Waals surface area contributed by atoms with Gasteiger partial charge in [-0.05, 0) is 18.4 Å². The van der Waals surface area contributed by atoms with Gasteiger partial charge in [-0.3, -0.25) is 4.57 Å². The Hall–Kier alpha value is -2.00. The first-order valence-corrected chi connectivity index (χ1v) is 7.48. The fourth-order valence-corrected chi connectivity index (χ4v) is 2.72. The smallest absolute Gasteiger partial charge is 0.270 e. The highest BCUT2D eigenvalue weighted by atomic mass is 32.2. The minimum atomic E-state index is -0.177. The Bertz CT molecular complexity index is 627. The Morgan fingerprint density at radius 3 is 2.90 bits per heavy atom. The van der Waals surface area contributed by atoms with Crippen molar-refractivity contribution in [2.75, 3.05) is 5.75 Å². The second-order valence-corrected chi connectivity index (χ2v) is 5.37. The van der Waals surface area contributed by atoms with Crippen molar-refractivity contribution in [3.63, 3.8) is 0 Å². The zero-order valence-corrected chi connectivity index (χ0v) is 11.9. The summed E-state index contributed by atoms with van der Waals surface area (Å²) in [6, 6.07) is 12.2. The SMILES string of the molecule is N#CCCCSc1n[nH]c(=O)n1CCc1ccccc1. The first-order chi connectivity index (χ1) is 9.81. The van der Waals surface area contributed by atoms with Gasteiger partial charge in [0.2, 0.25) is 0 Å². The van der Waals surface area contributed by atoms with Gasteiger partial charge in [0.15, 0.2) is 5.16 Å². The van der Waals surface area contributed by atoms with Crippen molar-refractivity contribution in [3.05, 3.63) is 46.4 Å². The molecule has 0 unspecified atom stereocenters. The minimum absolute atomic E-state index is 0.177. The molecule has 0 saturated heterocycles. The van der Waals surface area contributed by atoms with Gasteiger partial charge in [0.1, 0.15) is 0 Å². The van der Waals surface area contributed by atoms with Crippen LogP contribution in [-0.4, -0.2) is 20.5 Å². The molecule has 0 bridgehead atoms. The predicted molar refractivity (Wildman–Crippen MR) is 78.6 cm³/mol. The summed E-state index contributed by atoms with van der Waals surface area (Å²) in [4.78, 5) is 11.7.